The largest absolute Gasteiger partial charge is 0.371 e. The minimum atomic E-state index is -0.560. The first-order chi connectivity index (χ1) is 8.43. The van der Waals surface area contributed by atoms with E-state index in [2.05, 4.69) is 35.1 Å². The molecule has 1 aromatic carbocycles. The van der Waals surface area contributed by atoms with Crippen molar-refractivity contribution in [3.8, 4) is 0 Å². The minimum absolute atomic E-state index is 0.251. The number of nitrogens with one attached hydrogen (secondary N) is 1. The molecule has 3 nitrogen and oxygen atoms in total. The number of hydrogen-bond donors (Lipinski definition) is 2. The molecule has 0 radical (unpaired) electrons. The van der Waals surface area contributed by atoms with Crippen molar-refractivity contribution in [2.45, 2.75) is 32.2 Å². The molecular formula is C14H19BrN2O. The van der Waals surface area contributed by atoms with Gasteiger partial charge in [0.2, 0.25) is 5.91 Å². The normalized spacial score (nSPS) is 26.8. The number of nitrogens with two attached hydrogens (primary N) is 1. The molecule has 0 unspecified atom stereocenters. The van der Waals surface area contributed by atoms with Gasteiger partial charge in [-0.3, -0.25) is 4.79 Å². The van der Waals surface area contributed by atoms with Gasteiger partial charge in [0, 0.05) is 10.2 Å². The van der Waals surface area contributed by atoms with E-state index in [0.717, 1.165) is 23.0 Å². The maximum atomic E-state index is 11.7. The van der Waals surface area contributed by atoms with E-state index in [1.54, 1.807) is 0 Å². The van der Waals surface area contributed by atoms with Crippen molar-refractivity contribution in [3.63, 3.8) is 0 Å². The van der Waals surface area contributed by atoms with E-state index in [0.29, 0.717) is 11.8 Å². The lowest BCUT2D eigenvalue weighted by molar-refractivity contribution is -0.127. The van der Waals surface area contributed by atoms with Crippen LogP contribution >= 0.6 is 15.9 Å². The zero-order valence-corrected chi connectivity index (χ0v) is 12.3. The lowest BCUT2D eigenvalue weighted by Gasteiger charge is -2.48. The quantitative estimate of drug-likeness (QED) is 0.897. The van der Waals surface area contributed by atoms with Crippen LogP contribution in [0.2, 0.25) is 0 Å². The summed E-state index contributed by atoms with van der Waals surface area (Å²) >= 11 is 3.43. The Bertz CT molecular complexity index is 453. The maximum absolute atomic E-state index is 11.7. The first-order valence-electron chi connectivity index (χ1n) is 6.26. The lowest BCUT2D eigenvalue weighted by Crippen LogP contribution is -2.60. The van der Waals surface area contributed by atoms with Crippen molar-refractivity contribution < 1.29 is 4.79 Å². The fraction of sp³-hybridized carbons (Fsp3) is 0.500. The first-order valence-corrected chi connectivity index (χ1v) is 7.06. The molecule has 1 amide bonds. The molecule has 1 saturated carbocycles. The van der Waals surface area contributed by atoms with E-state index >= 15 is 0 Å². The molecule has 0 aliphatic heterocycles. The van der Waals surface area contributed by atoms with E-state index < -0.39 is 5.54 Å². The van der Waals surface area contributed by atoms with Gasteiger partial charge >= 0.3 is 0 Å². The fourth-order valence-electron chi connectivity index (χ4n) is 2.51. The molecule has 3 N–H and O–H groups in total. The van der Waals surface area contributed by atoms with Gasteiger partial charge in [0.25, 0.3) is 0 Å². The summed E-state index contributed by atoms with van der Waals surface area (Å²) in [6.07, 6.45) is 1.65. The number of carbonyl (C=O) groups excluding carboxylic acids is 1. The second-order valence-corrected chi connectivity index (χ2v) is 6.41. The number of hydrogen-bond acceptors (Lipinski definition) is 2. The van der Waals surface area contributed by atoms with Gasteiger partial charge in [0.05, 0.1) is 0 Å². The highest BCUT2D eigenvalue weighted by Gasteiger charge is 2.49. The van der Waals surface area contributed by atoms with Crippen molar-refractivity contribution in [2.24, 2.45) is 17.6 Å². The van der Waals surface area contributed by atoms with Crippen LogP contribution in [0.15, 0.2) is 28.7 Å². The monoisotopic (exact) mass is 310 g/mol. The van der Waals surface area contributed by atoms with E-state index in [4.69, 9.17) is 5.73 Å². The average Bonchev–Trinajstić information content (AvgIpc) is 2.21. The Balaban J connectivity index is 2.12. The van der Waals surface area contributed by atoms with E-state index in [1.807, 2.05) is 24.3 Å². The maximum Gasteiger partial charge on any atom is 0.243 e. The van der Waals surface area contributed by atoms with E-state index in [1.165, 1.54) is 0 Å². The third kappa shape index (κ3) is 2.53. The van der Waals surface area contributed by atoms with E-state index in [9.17, 15) is 4.79 Å². The molecular weight excluding hydrogens is 292 g/mol. The van der Waals surface area contributed by atoms with Crippen molar-refractivity contribution in [1.29, 1.82) is 0 Å². The summed E-state index contributed by atoms with van der Waals surface area (Å²) < 4.78 is 0.992. The summed E-state index contributed by atoms with van der Waals surface area (Å²) in [5.74, 6) is 0.929. The van der Waals surface area contributed by atoms with Crippen molar-refractivity contribution >= 4 is 27.5 Å². The Hall–Kier alpha value is -1.03. The van der Waals surface area contributed by atoms with Crippen LogP contribution in [0, 0.1) is 11.8 Å². The molecule has 0 aromatic heterocycles. The van der Waals surface area contributed by atoms with Crippen molar-refractivity contribution in [3.05, 3.63) is 28.7 Å². The summed E-state index contributed by atoms with van der Waals surface area (Å²) in [6, 6.07) is 7.82. The van der Waals surface area contributed by atoms with Crippen LogP contribution < -0.4 is 11.1 Å². The molecule has 0 heterocycles. The highest BCUT2D eigenvalue weighted by atomic mass is 79.9. The lowest BCUT2D eigenvalue weighted by atomic mass is 9.63. The summed E-state index contributed by atoms with van der Waals surface area (Å²) in [5.41, 5.74) is 5.94. The van der Waals surface area contributed by atoms with Gasteiger partial charge in [-0.05, 0) is 42.9 Å². The van der Waals surface area contributed by atoms with Crippen LogP contribution in [0.5, 0.6) is 0 Å². The SMILES string of the molecule is CC(C)C1CC(Nc2cccc(Br)c2)(C(N)=O)C1. The molecule has 0 saturated heterocycles. The van der Waals surface area contributed by atoms with Gasteiger partial charge in [-0.1, -0.05) is 35.8 Å². The standard InChI is InChI=1S/C14H19BrN2O/c1-9(2)10-7-14(8-10,13(16)18)17-12-5-3-4-11(15)6-12/h3-6,9-10,17H,7-8H2,1-2H3,(H2,16,18). The van der Waals surface area contributed by atoms with Gasteiger partial charge in [0.1, 0.15) is 5.54 Å². The minimum Gasteiger partial charge on any atom is -0.371 e. The number of rotatable bonds is 4. The summed E-state index contributed by atoms with van der Waals surface area (Å²) in [6.45, 7) is 4.38. The van der Waals surface area contributed by atoms with Crippen LogP contribution in [0.4, 0.5) is 5.69 Å². The summed E-state index contributed by atoms with van der Waals surface area (Å²) in [4.78, 5) is 11.7. The second kappa shape index (κ2) is 4.92. The molecule has 1 aliphatic carbocycles. The second-order valence-electron chi connectivity index (χ2n) is 5.49. The Kier molecular flexibility index (Phi) is 3.66. The van der Waals surface area contributed by atoms with Crippen LogP contribution in [0.3, 0.4) is 0 Å². The molecule has 2 rings (SSSR count). The first kappa shape index (κ1) is 13.4. The topological polar surface area (TPSA) is 55.1 Å². The van der Waals surface area contributed by atoms with Gasteiger partial charge in [-0.25, -0.2) is 0 Å². The molecule has 4 heteroatoms. The molecule has 1 aliphatic rings. The Morgan fingerprint density at radius 2 is 2.17 bits per heavy atom. The number of amides is 1. The van der Waals surface area contributed by atoms with Gasteiger partial charge in [-0.2, -0.15) is 0 Å². The number of halogens is 1. The molecule has 0 atom stereocenters. The number of benzene rings is 1. The van der Waals surface area contributed by atoms with E-state index in [-0.39, 0.29) is 5.91 Å². The fourth-order valence-corrected chi connectivity index (χ4v) is 2.91. The average molecular weight is 311 g/mol. The summed E-state index contributed by atoms with van der Waals surface area (Å²) in [7, 11) is 0. The molecule has 98 valence electrons. The highest BCUT2D eigenvalue weighted by molar-refractivity contribution is 9.10. The third-order valence-electron chi connectivity index (χ3n) is 3.84. The molecule has 0 bridgehead atoms. The van der Waals surface area contributed by atoms with Gasteiger partial charge < -0.3 is 11.1 Å². The molecule has 1 fully saturated rings. The van der Waals surface area contributed by atoms with Gasteiger partial charge in [-0.15, -0.1) is 0 Å². The number of primary amides is 1. The Morgan fingerprint density at radius 1 is 1.50 bits per heavy atom. The Morgan fingerprint density at radius 3 is 2.67 bits per heavy atom. The molecule has 1 aromatic rings. The number of carbonyl (C=O) groups is 1. The van der Waals surface area contributed by atoms with Crippen LogP contribution in [0.1, 0.15) is 26.7 Å². The zero-order valence-electron chi connectivity index (χ0n) is 10.7. The predicted octanol–water partition coefficient (Wildman–Crippen LogP) is 3.15. The van der Waals surface area contributed by atoms with Crippen LogP contribution in [-0.2, 0) is 4.79 Å². The molecule has 18 heavy (non-hydrogen) atoms. The molecule has 0 spiro atoms. The Labute approximate surface area is 116 Å². The number of anilines is 1. The van der Waals surface area contributed by atoms with Crippen LogP contribution in [-0.4, -0.2) is 11.4 Å². The summed E-state index contributed by atoms with van der Waals surface area (Å²) in [5, 5.41) is 3.31. The van der Waals surface area contributed by atoms with Crippen molar-refractivity contribution in [1.82, 2.24) is 0 Å². The predicted molar refractivity (Wildman–Crippen MR) is 77.3 cm³/mol. The third-order valence-corrected chi connectivity index (χ3v) is 4.34. The smallest absolute Gasteiger partial charge is 0.243 e. The highest BCUT2D eigenvalue weighted by Crippen LogP contribution is 2.44. The van der Waals surface area contributed by atoms with Crippen LogP contribution in [0.25, 0.3) is 0 Å². The van der Waals surface area contributed by atoms with Gasteiger partial charge in [0.15, 0.2) is 0 Å². The zero-order chi connectivity index (χ0) is 13.3. The van der Waals surface area contributed by atoms with Crippen molar-refractivity contribution in [2.75, 3.05) is 5.32 Å².